The molecule has 0 fully saturated rings. The molecule has 1 aromatic heterocycles. The van der Waals surface area contributed by atoms with Crippen LogP contribution < -0.4 is 14.8 Å². The van der Waals surface area contributed by atoms with E-state index in [1.807, 2.05) is 43.3 Å². The van der Waals surface area contributed by atoms with Gasteiger partial charge in [0.25, 0.3) is 5.91 Å². The van der Waals surface area contributed by atoms with Crippen molar-refractivity contribution in [2.75, 3.05) is 19.0 Å². The summed E-state index contributed by atoms with van der Waals surface area (Å²) in [6.07, 6.45) is 2.35. The normalized spacial score (nSPS) is 10.8. The number of benzene rings is 2. The highest BCUT2D eigenvalue weighted by Crippen LogP contribution is 2.27. The molecule has 29 heavy (non-hydrogen) atoms. The average Bonchev–Trinajstić information content (AvgIpc) is 3.11. The smallest absolute Gasteiger partial charge is 0.262 e. The number of nitrogens with zero attached hydrogens (tertiary/aromatic N) is 3. The molecule has 0 unspecified atom stereocenters. The van der Waals surface area contributed by atoms with Crippen molar-refractivity contribution >= 4 is 30.0 Å². The van der Waals surface area contributed by atoms with Gasteiger partial charge >= 0.3 is 0 Å². The average molecular weight is 411 g/mol. The lowest BCUT2D eigenvalue weighted by molar-refractivity contribution is -0.118. The number of hydrogen-bond donors (Lipinski definition) is 2. The van der Waals surface area contributed by atoms with Crippen LogP contribution in [0.3, 0.4) is 0 Å². The largest absolute Gasteiger partial charge is 0.493 e. The van der Waals surface area contributed by atoms with Crippen LogP contribution in [0.15, 0.2) is 53.6 Å². The molecule has 9 heteroatoms. The van der Waals surface area contributed by atoms with Gasteiger partial charge in [0.2, 0.25) is 4.77 Å². The van der Waals surface area contributed by atoms with Gasteiger partial charge in [0.15, 0.2) is 23.9 Å². The number of nitrogens with one attached hydrogen (secondary N) is 2. The Morgan fingerprint density at radius 1 is 1.28 bits per heavy atom. The fourth-order valence-corrected chi connectivity index (χ4v) is 2.74. The van der Waals surface area contributed by atoms with E-state index in [1.165, 1.54) is 7.11 Å². The lowest BCUT2D eigenvalue weighted by Crippen LogP contribution is -2.20. The number of ether oxygens (including phenoxy) is 2. The second-order valence-electron chi connectivity index (χ2n) is 5.97. The zero-order valence-corrected chi connectivity index (χ0v) is 16.9. The third kappa shape index (κ3) is 5.29. The summed E-state index contributed by atoms with van der Waals surface area (Å²) >= 11 is 5.18. The highest BCUT2D eigenvalue weighted by molar-refractivity contribution is 7.71. The monoisotopic (exact) mass is 411 g/mol. The summed E-state index contributed by atoms with van der Waals surface area (Å²) in [6, 6.07) is 14.5. The zero-order chi connectivity index (χ0) is 20.6. The van der Waals surface area contributed by atoms with Crippen molar-refractivity contribution < 1.29 is 14.3 Å². The van der Waals surface area contributed by atoms with Crippen molar-refractivity contribution in [2.45, 2.75) is 13.3 Å². The number of carbonyl (C=O) groups is 1. The molecule has 2 N–H and O–H groups in total. The van der Waals surface area contributed by atoms with Crippen LogP contribution in [0.25, 0.3) is 0 Å². The van der Waals surface area contributed by atoms with Crippen LogP contribution in [-0.4, -0.2) is 40.7 Å². The Morgan fingerprint density at radius 3 is 2.79 bits per heavy atom. The molecule has 0 aliphatic carbocycles. The molecule has 0 saturated carbocycles. The number of amides is 1. The number of methoxy groups -OCH3 is 1. The number of aromatic amines is 1. The minimum atomic E-state index is -0.259. The third-order valence-corrected chi connectivity index (χ3v) is 4.22. The Morgan fingerprint density at radius 2 is 2.07 bits per heavy atom. The molecule has 1 amide bonds. The highest BCUT2D eigenvalue weighted by atomic mass is 32.1. The van der Waals surface area contributed by atoms with Gasteiger partial charge in [0.05, 0.1) is 13.3 Å². The topological polar surface area (TPSA) is 93.5 Å². The molecule has 1 heterocycles. The Hall–Kier alpha value is -3.46. The standard InChI is InChI=1S/C20H21N5O3S/c1-3-18-23-24-20(29)25(18)21-12-14-9-10-16(17(11-14)27-2)28-13-19(26)22-15-7-5-4-6-8-15/h4-12H,3,13H2,1-2H3,(H,22,26)(H,24,29)/b21-12-. The van der Waals surface area contributed by atoms with Crippen LogP contribution in [0, 0.1) is 4.77 Å². The number of aromatic nitrogens is 3. The summed E-state index contributed by atoms with van der Waals surface area (Å²) in [5.74, 6) is 1.43. The minimum Gasteiger partial charge on any atom is -0.493 e. The number of H-pyrrole nitrogens is 1. The molecule has 3 aromatic rings. The van der Waals surface area contributed by atoms with E-state index in [2.05, 4.69) is 20.6 Å². The van der Waals surface area contributed by atoms with E-state index in [1.54, 1.807) is 23.0 Å². The molecular weight excluding hydrogens is 390 g/mol. The van der Waals surface area contributed by atoms with Gasteiger partial charge in [-0.1, -0.05) is 25.1 Å². The minimum absolute atomic E-state index is 0.136. The Labute approximate surface area is 173 Å². The molecule has 0 saturated heterocycles. The van der Waals surface area contributed by atoms with Crippen LogP contribution in [0.4, 0.5) is 5.69 Å². The first-order valence-corrected chi connectivity index (χ1v) is 9.38. The molecule has 0 bridgehead atoms. The van der Waals surface area contributed by atoms with Gasteiger partial charge < -0.3 is 14.8 Å². The van der Waals surface area contributed by atoms with Gasteiger partial charge in [-0.25, -0.2) is 0 Å². The van der Waals surface area contributed by atoms with Gasteiger partial charge in [-0.15, -0.1) is 0 Å². The van der Waals surface area contributed by atoms with Crippen molar-refractivity contribution in [2.24, 2.45) is 5.10 Å². The van der Waals surface area contributed by atoms with E-state index < -0.39 is 0 Å². The lowest BCUT2D eigenvalue weighted by atomic mass is 10.2. The molecule has 3 rings (SSSR count). The van der Waals surface area contributed by atoms with Crippen LogP contribution in [0.1, 0.15) is 18.3 Å². The van der Waals surface area contributed by atoms with Crippen molar-refractivity contribution in [3.63, 3.8) is 0 Å². The first kappa shape index (κ1) is 20.3. The van der Waals surface area contributed by atoms with Crippen molar-refractivity contribution in [1.82, 2.24) is 14.9 Å². The summed E-state index contributed by atoms with van der Waals surface area (Å²) < 4.78 is 13.0. The summed E-state index contributed by atoms with van der Waals surface area (Å²) in [4.78, 5) is 12.1. The first-order chi connectivity index (χ1) is 14.1. The van der Waals surface area contributed by atoms with Crippen LogP contribution in [-0.2, 0) is 11.2 Å². The number of hydrogen-bond acceptors (Lipinski definition) is 6. The van der Waals surface area contributed by atoms with Gasteiger partial charge in [0, 0.05) is 12.1 Å². The van der Waals surface area contributed by atoms with Crippen molar-refractivity contribution in [3.05, 3.63) is 64.7 Å². The summed E-state index contributed by atoms with van der Waals surface area (Å²) in [7, 11) is 1.54. The van der Waals surface area contributed by atoms with E-state index >= 15 is 0 Å². The van der Waals surface area contributed by atoms with Crippen molar-refractivity contribution in [1.29, 1.82) is 0 Å². The molecule has 0 aliphatic heterocycles. The van der Waals surface area contributed by atoms with Crippen LogP contribution >= 0.6 is 12.2 Å². The van der Waals surface area contributed by atoms with Gasteiger partial charge in [-0.05, 0) is 48.1 Å². The SMILES string of the molecule is CCc1n[nH]c(=S)n1/N=C\c1ccc(OCC(=O)Nc2ccccc2)c(OC)c1. The van der Waals surface area contributed by atoms with Gasteiger partial charge in [0.1, 0.15) is 0 Å². The fraction of sp³-hybridized carbons (Fsp3) is 0.200. The molecule has 0 aliphatic rings. The Balaban J connectivity index is 1.67. The Bertz CT molecular complexity index is 1060. The molecule has 0 radical (unpaired) electrons. The molecule has 150 valence electrons. The van der Waals surface area contributed by atoms with Crippen molar-refractivity contribution in [3.8, 4) is 11.5 Å². The number of rotatable bonds is 8. The predicted octanol–water partition coefficient (Wildman–Crippen LogP) is 3.41. The quantitative estimate of drug-likeness (QED) is 0.438. The van der Waals surface area contributed by atoms with E-state index in [0.717, 1.165) is 11.4 Å². The maximum absolute atomic E-state index is 12.1. The molecule has 0 spiro atoms. The summed E-state index contributed by atoms with van der Waals surface area (Å²) in [5.41, 5.74) is 1.50. The number of anilines is 1. The van der Waals surface area contributed by atoms with E-state index in [9.17, 15) is 4.79 Å². The number of para-hydroxylation sites is 1. The third-order valence-electron chi connectivity index (χ3n) is 3.96. The van der Waals surface area contributed by atoms with E-state index in [4.69, 9.17) is 21.7 Å². The molecular formula is C20H21N5O3S. The molecule has 0 atom stereocenters. The molecule has 2 aromatic carbocycles. The maximum atomic E-state index is 12.1. The van der Waals surface area contributed by atoms with E-state index in [0.29, 0.717) is 28.4 Å². The van der Waals surface area contributed by atoms with Crippen LogP contribution in [0.5, 0.6) is 11.5 Å². The Kier molecular flexibility index (Phi) is 6.75. The van der Waals surface area contributed by atoms with Crippen LogP contribution in [0.2, 0.25) is 0 Å². The van der Waals surface area contributed by atoms with Gasteiger partial charge in [-0.3, -0.25) is 9.89 Å². The summed E-state index contributed by atoms with van der Waals surface area (Å²) in [6.45, 7) is 1.84. The molecule has 8 nitrogen and oxygen atoms in total. The van der Waals surface area contributed by atoms with Gasteiger partial charge in [-0.2, -0.15) is 14.9 Å². The highest BCUT2D eigenvalue weighted by Gasteiger charge is 2.09. The number of carbonyl (C=O) groups excluding carboxylic acids is 1. The predicted molar refractivity (Wildman–Crippen MR) is 113 cm³/mol. The first-order valence-electron chi connectivity index (χ1n) is 8.97. The zero-order valence-electron chi connectivity index (χ0n) is 16.1. The summed E-state index contributed by atoms with van der Waals surface area (Å²) in [5, 5.41) is 14.0. The number of aryl methyl sites for hydroxylation is 1. The lowest BCUT2D eigenvalue weighted by Gasteiger charge is -2.11. The second-order valence-corrected chi connectivity index (χ2v) is 6.35. The van der Waals surface area contributed by atoms with E-state index in [-0.39, 0.29) is 12.5 Å². The second kappa shape index (κ2) is 9.65. The maximum Gasteiger partial charge on any atom is 0.262 e. The fourth-order valence-electron chi connectivity index (χ4n) is 2.54.